The van der Waals surface area contributed by atoms with Crippen LogP contribution in [0.3, 0.4) is 0 Å². The molecule has 19 heavy (non-hydrogen) atoms. The molecule has 0 saturated carbocycles. The van der Waals surface area contributed by atoms with Gasteiger partial charge in [-0.1, -0.05) is 5.16 Å². The molecular formula is C10H11N5O3S. The molecule has 0 heterocycles. The lowest BCUT2D eigenvalue weighted by Gasteiger charge is -2.05. The van der Waals surface area contributed by atoms with Gasteiger partial charge in [0.15, 0.2) is 5.11 Å². The third-order valence-electron chi connectivity index (χ3n) is 2.12. The third kappa shape index (κ3) is 4.00. The van der Waals surface area contributed by atoms with Crippen molar-refractivity contribution >= 4 is 34.4 Å². The molecule has 1 aromatic rings. The van der Waals surface area contributed by atoms with Crippen molar-refractivity contribution in [3.05, 3.63) is 39.9 Å². The first-order valence-electron chi connectivity index (χ1n) is 5.02. The molecule has 8 nitrogen and oxygen atoms in total. The average Bonchev–Trinajstić information content (AvgIpc) is 2.38. The predicted molar refractivity (Wildman–Crippen MR) is 74.5 cm³/mol. The largest absolute Gasteiger partial charge is 0.411 e. The summed E-state index contributed by atoms with van der Waals surface area (Å²) < 4.78 is 0. The maximum Gasteiger partial charge on any atom is 0.269 e. The van der Waals surface area contributed by atoms with Crippen LogP contribution in [0.1, 0.15) is 12.5 Å². The fraction of sp³-hybridized carbons (Fsp3) is 0.100. The van der Waals surface area contributed by atoms with Crippen molar-refractivity contribution in [2.75, 3.05) is 0 Å². The molecule has 0 radical (unpaired) electrons. The van der Waals surface area contributed by atoms with Crippen LogP contribution in [0.15, 0.2) is 34.5 Å². The first kappa shape index (κ1) is 14.5. The summed E-state index contributed by atoms with van der Waals surface area (Å²) >= 11 is 4.61. The predicted octanol–water partition coefficient (Wildman–Crippen LogP) is 0.982. The Morgan fingerprint density at radius 2 is 2.05 bits per heavy atom. The number of nitro groups is 1. The highest BCUT2D eigenvalue weighted by Crippen LogP contribution is 2.13. The second-order valence-electron chi connectivity index (χ2n) is 3.43. The molecule has 0 bridgehead atoms. The van der Waals surface area contributed by atoms with E-state index in [4.69, 9.17) is 10.9 Å². The molecule has 0 aliphatic rings. The van der Waals surface area contributed by atoms with Gasteiger partial charge in [0, 0.05) is 17.7 Å². The van der Waals surface area contributed by atoms with Crippen LogP contribution in [0.4, 0.5) is 5.69 Å². The summed E-state index contributed by atoms with van der Waals surface area (Å²) in [5, 5.41) is 26.2. The van der Waals surface area contributed by atoms with Crippen LogP contribution in [0.5, 0.6) is 0 Å². The normalized spacial score (nSPS) is 12.1. The van der Waals surface area contributed by atoms with Gasteiger partial charge in [-0.3, -0.25) is 15.5 Å². The Balaban J connectivity index is 3.14. The molecule has 4 N–H and O–H groups in total. The van der Waals surface area contributed by atoms with E-state index in [0.717, 1.165) is 0 Å². The van der Waals surface area contributed by atoms with Gasteiger partial charge < -0.3 is 10.9 Å². The van der Waals surface area contributed by atoms with E-state index in [-0.39, 0.29) is 22.2 Å². The number of nitrogens with two attached hydrogens (primary N) is 1. The molecule has 0 aliphatic heterocycles. The summed E-state index contributed by atoms with van der Waals surface area (Å²) in [6.45, 7) is 1.52. The molecular weight excluding hydrogens is 270 g/mol. The molecule has 0 amide bonds. The lowest BCUT2D eigenvalue weighted by molar-refractivity contribution is -0.384. The van der Waals surface area contributed by atoms with Gasteiger partial charge >= 0.3 is 0 Å². The van der Waals surface area contributed by atoms with Gasteiger partial charge in [0.1, 0.15) is 11.4 Å². The van der Waals surface area contributed by atoms with Crippen LogP contribution in [0, 0.1) is 10.1 Å². The van der Waals surface area contributed by atoms with Gasteiger partial charge in [-0.15, -0.1) is 0 Å². The van der Waals surface area contributed by atoms with Crippen LogP contribution in [-0.4, -0.2) is 26.7 Å². The quantitative estimate of drug-likeness (QED) is 0.248. The van der Waals surface area contributed by atoms with Crippen LogP contribution >= 0.6 is 12.2 Å². The highest BCUT2D eigenvalue weighted by atomic mass is 32.1. The summed E-state index contributed by atoms with van der Waals surface area (Å²) in [7, 11) is 0. The van der Waals surface area contributed by atoms with E-state index in [2.05, 4.69) is 27.9 Å². The molecule has 0 fully saturated rings. The first-order valence-corrected chi connectivity index (χ1v) is 5.43. The number of hydrogen-bond acceptors (Lipinski definition) is 6. The number of nitrogens with zero attached hydrogens (tertiary/aromatic N) is 3. The SMILES string of the molecule is CC(=NO)C(=NNC(N)=S)c1ccc([N+](=O)[O-])cc1. The third-order valence-corrected chi connectivity index (χ3v) is 2.21. The summed E-state index contributed by atoms with van der Waals surface area (Å²) in [6, 6.07) is 5.59. The molecule has 1 aromatic carbocycles. The van der Waals surface area contributed by atoms with Gasteiger partial charge in [0.2, 0.25) is 0 Å². The maximum absolute atomic E-state index is 10.6. The van der Waals surface area contributed by atoms with Gasteiger partial charge in [-0.05, 0) is 31.3 Å². The Kier molecular flexibility index (Phi) is 4.89. The zero-order chi connectivity index (χ0) is 14.4. The Bertz CT molecular complexity index is 553. The topological polar surface area (TPSA) is 126 Å². The number of hydrogen-bond donors (Lipinski definition) is 3. The minimum absolute atomic E-state index is 0.0508. The van der Waals surface area contributed by atoms with Crippen molar-refractivity contribution < 1.29 is 10.1 Å². The van der Waals surface area contributed by atoms with Crippen molar-refractivity contribution in [1.29, 1.82) is 0 Å². The molecule has 0 atom stereocenters. The minimum atomic E-state index is -0.513. The fourth-order valence-electron chi connectivity index (χ4n) is 1.25. The van der Waals surface area contributed by atoms with E-state index >= 15 is 0 Å². The smallest absolute Gasteiger partial charge is 0.269 e. The molecule has 9 heteroatoms. The maximum atomic E-state index is 10.6. The number of nitro benzene ring substituents is 1. The van der Waals surface area contributed by atoms with Gasteiger partial charge in [0.05, 0.1) is 4.92 Å². The number of benzene rings is 1. The highest BCUT2D eigenvalue weighted by Gasteiger charge is 2.11. The van der Waals surface area contributed by atoms with Crippen molar-refractivity contribution in [1.82, 2.24) is 5.43 Å². The van der Waals surface area contributed by atoms with Crippen molar-refractivity contribution in [3.8, 4) is 0 Å². The number of rotatable bonds is 4. The van der Waals surface area contributed by atoms with Crippen LogP contribution in [0.2, 0.25) is 0 Å². The monoisotopic (exact) mass is 281 g/mol. The first-order chi connectivity index (χ1) is 8.95. The highest BCUT2D eigenvalue weighted by molar-refractivity contribution is 7.80. The van der Waals surface area contributed by atoms with Gasteiger partial charge in [0.25, 0.3) is 5.69 Å². The standard InChI is InChI=1S/C10H11N5O3S/c1-6(14-16)9(12-13-10(11)19)7-2-4-8(5-3-7)15(17)18/h2-5,16H,1H3,(H3,11,13,19). The molecule has 1 rings (SSSR count). The minimum Gasteiger partial charge on any atom is -0.411 e. The lowest BCUT2D eigenvalue weighted by atomic mass is 10.1. The van der Waals surface area contributed by atoms with Gasteiger partial charge in [-0.25, -0.2) is 0 Å². The number of non-ortho nitro benzene ring substituents is 1. The summed E-state index contributed by atoms with van der Waals surface area (Å²) in [6.07, 6.45) is 0. The van der Waals surface area contributed by atoms with Crippen molar-refractivity contribution in [2.45, 2.75) is 6.92 Å². The molecule has 0 unspecified atom stereocenters. The summed E-state index contributed by atoms with van der Waals surface area (Å²) in [5.41, 5.74) is 8.56. The molecule has 100 valence electrons. The molecule has 0 aliphatic carbocycles. The van der Waals surface area contributed by atoms with Crippen molar-refractivity contribution in [3.63, 3.8) is 0 Å². The van der Waals surface area contributed by atoms with E-state index in [1.807, 2.05) is 0 Å². The Labute approximate surface area is 113 Å². The van der Waals surface area contributed by atoms with E-state index < -0.39 is 4.92 Å². The summed E-state index contributed by atoms with van der Waals surface area (Å²) in [5.74, 6) is 0. The van der Waals surface area contributed by atoms with Crippen LogP contribution in [0.25, 0.3) is 0 Å². The lowest BCUT2D eigenvalue weighted by Crippen LogP contribution is -2.27. The Morgan fingerprint density at radius 3 is 2.47 bits per heavy atom. The molecule has 0 spiro atoms. The summed E-state index contributed by atoms with van der Waals surface area (Å²) in [4.78, 5) is 10.0. The fourth-order valence-corrected chi connectivity index (χ4v) is 1.30. The zero-order valence-electron chi connectivity index (χ0n) is 9.90. The number of thiocarbonyl (C=S) groups is 1. The Hall–Kier alpha value is -2.55. The number of nitrogens with one attached hydrogen (secondary N) is 1. The van der Waals surface area contributed by atoms with E-state index in [1.165, 1.54) is 31.2 Å². The molecule has 0 saturated heterocycles. The van der Waals surface area contributed by atoms with E-state index in [0.29, 0.717) is 5.56 Å². The molecule has 0 aromatic heterocycles. The van der Waals surface area contributed by atoms with Crippen molar-refractivity contribution in [2.24, 2.45) is 16.0 Å². The van der Waals surface area contributed by atoms with Crippen LogP contribution in [-0.2, 0) is 0 Å². The van der Waals surface area contributed by atoms with E-state index in [1.54, 1.807) is 0 Å². The second kappa shape index (κ2) is 6.40. The Morgan fingerprint density at radius 1 is 1.47 bits per heavy atom. The van der Waals surface area contributed by atoms with Gasteiger partial charge in [-0.2, -0.15) is 5.10 Å². The van der Waals surface area contributed by atoms with E-state index in [9.17, 15) is 10.1 Å². The zero-order valence-corrected chi connectivity index (χ0v) is 10.7. The number of hydrazone groups is 1. The second-order valence-corrected chi connectivity index (χ2v) is 3.87. The van der Waals surface area contributed by atoms with Crippen LogP contribution < -0.4 is 11.2 Å². The average molecular weight is 281 g/mol. The number of oxime groups is 1.